The number of aliphatic carboxylic acids is 1. The van der Waals surface area contributed by atoms with Gasteiger partial charge in [-0.15, -0.1) is 0 Å². The van der Waals surface area contributed by atoms with Crippen LogP contribution in [0.4, 0.5) is 0 Å². The van der Waals surface area contributed by atoms with E-state index in [4.69, 9.17) is 0 Å². The van der Waals surface area contributed by atoms with Crippen molar-refractivity contribution in [2.45, 2.75) is 84.2 Å². The van der Waals surface area contributed by atoms with Crippen LogP contribution in [0.5, 0.6) is 0 Å². The van der Waals surface area contributed by atoms with Gasteiger partial charge < -0.3 is 5.11 Å². The SMILES string of the molecule is CC1CC(C)NC(N2CC3CCCCC3C(C)(C)C2C(=O)O)N1. The molecule has 0 aromatic carbocycles. The zero-order chi connectivity index (χ0) is 16.8. The summed E-state index contributed by atoms with van der Waals surface area (Å²) < 4.78 is 0. The number of nitrogens with one attached hydrogen (secondary N) is 2. The molecule has 2 aliphatic heterocycles. The molecule has 1 aliphatic carbocycles. The summed E-state index contributed by atoms with van der Waals surface area (Å²) in [6, 6.07) is 0.403. The minimum absolute atomic E-state index is 0.0306. The Morgan fingerprint density at radius 2 is 1.74 bits per heavy atom. The number of nitrogens with zero attached hydrogens (tertiary/aromatic N) is 1. The number of fused-ring (bicyclic) bond motifs is 1. The molecular weight excluding hydrogens is 290 g/mol. The van der Waals surface area contributed by atoms with Crippen LogP contribution in [0.2, 0.25) is 0 Å². The van der Waals surface area contributed by atoms with Gasteiger partial charge in [0, 0.05) is 18.6 Å². The van der Waals surface area contributed by atoms with Gasteiger partial charge in [-0.2, -0.15) is 0 Å². The second kappa shape index (κ2) is 6.34. The summed E-state index contributed by atoms with van der Waals surface area (Å²) >= 11 is 0. The van der Waals surface area contributed by atoms with Gasteiger partial charge >= 0.3 is 5.97 Å². The lowest BCUT2D eigenvalue weighted by Crippen LogP contribution is -2.72. The van der Waals surface area contributed by atoms with Crippen LogP contribution >= 0.6 is 0 Å². The molecule has 0 amide bonds. The number of piperidine rings is 1. The lowest BCUT2D eigenvalue weighted by Gasteiger charge is -2.57. The number of hydrogen-bond donors (Lipinski definition) is 3. The first-order valence-electron chi connectivity index (χ1n) is 9.31. The highest BCUT2D eigenvalue weighted by Crippen LogP contribution is 2.49. The van der Waals surface area contributed by atoms with Gasteiger partial charge in [-0.05, 0) is 50.4 Å². The maximum atomic E-state index is 12.2. The van der Waals surface area contributed by atoms with Crippen molar-refractivity contribution in [3.05, 3.63) is 0 Å². The topological polar surface area (TPSA) is 64.6 Å². The quantitative estimate of drug-likeness (QED) is 0.727. The molecule has 0 aromatic heterocycles. The van der Waals surface area contributed by atoms with Crippen molar-refractivity contribution in [2.24, 2.45) is 17.3 Å². The number of carboxylic acid groups (broad SMARTS) is 1. The second-order valence-electron chi connectivity index (χ2n) is 8.68. The fourth-order valence-electron chi connectivity index (χ4n) is 5.57. The van der Waals surface area contributed by atoms with Crippen molar-refractivity contribution in [3.63, 3.8) is 0 Å². The van der Waals surface area contributed by atoms with Crippen LogP contribution in [0.15, 0.2) is 0 Å². The molecule has 3 N–H and O–H groups in total. The fraction of sp³-hybridized carbons (Fsp3) is 0.944. The van der Waals surface area contributed by atoms with E-state index < -0.39 is 12.0 Å². The van der Waals surface area contributed by atoms with E-state index in [1.807, 2.05) is 0 Å². The molecule has 0 aromatic rings. The molecule has 2 heterocycles. The molecular formula is C18H33N3O2. The Morgan fingerprint density at radius 1 is 1.13 bits per heavy atom. The maximum absolute atomic E-state index is 12.2. The van der Waals surface area contributed by atoms with Crippen molar-refractivity contribution in [1.82, 2.24) is 15.5 Å². The number of carboxylic acids is 1. The normalized spacial score (nSPS) is 44.5. The molecule has 0 bridgehead atoms. The van der Waals surface area contributed by atoms with Crippen molar-refractivity contribution < 1.29 is 9.90 Å². The van der Waals surface area contributed by atoms with Crippen molar-refractivity contribution >= 4 is 5.97 Å². The Morgan fingerprint density at radius 3 is 2.35 bits per heavy atom. The van der Waals surface area contributed by atoms with Gasteiger partial charge in [0.1, 0.15) is 12.3 Å². The highest BCUT2D eigenvalue weighted by Gasteiger charge is 2.54. The maximum Gasteiger partial charge on any atom is 0.321 e. The number of hydrogen-bond acceptors (Lipinski definition) is 4. The van der Waals surface area contributed by atoms with Gasteiger partial charge in [0.25, 0.3) is 0 Å². The fourth-order valence-corrected chi connectivity index (χ4v) is 5.57. The van der Waals surface area contributed by atoms with Crippen LogP contribution in [0, 0.1) is 17.3 Å². The Kier molecular flexibility index (Phi) is 4.73. The van der Waals surface area contributed by atoms with Gasteiger partial charge in [-0.1, -0.05) is 26.7 Å². The van der Waals surface area contributed by atoms with Crippen LogP contribution in [0.1, 0.15) is 59.8 Å². The summed E-state index contributed by atoms with van der Waals surface area (Å²) in [5.74, 6) is 0.492. The van der Waals surface area contributed by atoms with Crippen molar-refractivity contribution in [3.8, 4) is 0 Å². The third-order valence-electron chi connectivity index (χ3n) is 6.50. The summed E-state index contributed by atoms with van der Waals surface area (Å²) in [5.41, 5.74) is -0.192. The van der Waals surface area contributed by atoms with E-state index >= 15 is 0 Å². The van der Waals surface area contributed by atoms with Gasteiger partial charge in [0.15, 0.2) is 0 Å². The van der Waals surface area contributed by atoms with E-state index in [1.165, 1.54) is 25.7 Å². The van der Waals surface area contributed by atoms with E-state index in [1.54, 1.807) is 0 Å². The van der Waals surface area contributed by atoms with E-state index in [2.05, 4.69) is 43.2 Å². The van der Waals surface area contributed by atoms with E-state index in [-0.39, 0.29) is 11.7 Å². The molecule has 1 saturated carbocycles. The van der Waals surface area contributed by atoms with Gasteiger partial charge in [-0.25, -0.2) is 0 Å². The molecule has 5 heteroatoms. The lowest BCUT2D eigenvalue weighted by atomic mass is 9.59. The zero-order valence-corrected chi connectivity index (χ0v) is 15.0. The zero-order valence-electron chi connectivity index (χ0n) is 15.0. The lowest BCUT2D eigenvalue weighted by molar-refractivity contribution is -0.166. The molecule has 3 rings (SSSR count). The van der Waals surface area contributed by atoms with E-state index in [9.17, 15) is 9.90 Å². The molecule has 2 saturated heterocycles. The number of likely N-dealkylation sites (tertiary alicyclic amines) is 1. The first kappa shape index (κ1) is 17.2. The molecule has 0 radical (unpaired) electrons. The predicted molar refractivity (Wildman–Crippen MR) is 91.0 cm³/mol. The monoisotopic (exact) mass is 323 g/mol. The van der Waals surface area contributed by atoms with Crippen LogP contribution in [-0.2, 0) is 4.79 Å². The van der Waals surface area contributed by atoms with Gasteiger partial charge in [-0.3, -0.25) is 20.3 Å². The smallest absolute Gasteiger partial charge is 0.321 e. The third-order valence-corrected chi connectivity index (χ3v) is 6.50. The first-order valence-corrected chi connectivity index (χ1v) is 9.31. The minimum atomic E-state index is -0.673. The summed E-state index contributed by atoms with van der Waals surface area (Å²) in [6.45, 7) is 9.64. The Balaban J connectivity index is 1.89. The van der Waals surface area contributed by atoms with Crippen molar-refractivity contribution in [1.29, 1.82) is 0 Å². The summed E-state index contributed by atoms with van der Waals surface area (Å²) in [4.78, 5) is 14.4. The molecule has 5 nitrogen and oxygen atoms in total. The minimum Gasteiger partial charge on any atom is -0.480 e. The van der Waals surface area contributed by atoms with E-state index in [0.717, 1.165) is 13.0 Å². The molecule has 3 aliphatic rings. The van der Waals surface area contributed by atoms with Crippen molar-refractivity contribution in [2.75, 3.05) is 6.54 Å². The number of rotatable bonds is 2. The molecule has 0 spiro atoms. The molecule has 5 atom stereocenters. The largest absolute Gasteiger partial charge is 0.480 e. The molecule has 3 fully saturated rings. The highest BCUT2D eigenvalue weighted by atomic mass is 16.4. The van der Waals surface area contributed by atoms with Crippen LogP contribution in [0.25, 0.3) is 0 Å². The van der Waals surface area contributed by atoms with Crippen LogP contribution in [0.3, 0.4) is 0 Å². The first-order chi connectivity index (χ1) is 10.8. The Bertz CT molecular complexity index is 444. The standard InChI is InChI=1S/C18H33N3O2/c1-11-9-12(2)20-17(19-11)21-10-13-7-5-6-8-14(13)18(3,4)15(21)16(22)23/h11-15,17,19-20H,5-10H2,1-4H3,(H,22,23). The summed E-state index contributed by atoms with van der Waals surface area (Å²) in [7, 11) is 0. The van der Waals surface area contributed by atoms with Crippen LogP contribution < -0.4 is 10.6 Å². The van der Waals surface area contributed by atoms with Crippen LogP contribution in [-0.4, -0.2) is 46.9 Å². The van der Waals surface area contributed by atoms with E-state index in [0.29, 0.717) is 23.9 Å². The average molecular weight is 323 g/mol. The van der Waals surface area contributed by atoms with Gasteiger partial charge in [0.2, 0.25) is 0 Å². The second-order valence-corrected chi connectivity index (χ2v) is 8.68. The average Bonchev–Trinajstić information content (AvgIpc) is 2.45. The highest BCUT2D eigenvalue weighted by molar-refractivity contribution is 5.75. The Labute approximate surface area is 140 Å². The van der Waals surface area contributed by atoms with Gasteiger partial charge in [0.05, 0.1) is 0 Å². The molecule has 5 unspecified atom stereocenters. The third kappa shape index (κ3) is 3.15. The summed E-state index contributed by atoms with van der Waals surface area (Å²) in [6.07, 6.45) is 6.03. The summed E-state index contributed by atoms with van der Waals surface area (Å²) in [5, 5.41) is 17.2. The Hall–Kier alpha value is -0.650. The number of carbonyl (C=O) groups is 1. The molecule has 132 valence electrons. The molecule has 23 heavy (non-hydrogen) atoms. The predicted octanol–water partition coefficient (Wildman–Crippen LogP) is 2.23.